The Morgan fingerprint density at radius 3 is 2.36 bits per heavy atom. The van der Waals surface area contributed by atoms with Gasteiger partial charge in [0.1, 0.15) is 0 Å². The second-order valence-electron chi connectivity index (χ2n) is 8.26. The van der Waals surface area contributed by atoms with Crippen LogP contribution in [0.3, 0.4) is 0 Å². The summed E-state index contributed by atoms with van der Waals surface area (Å²) in [5.41, 5.74) is 0.379. The molecular formula is C18H36N2O2. The van der Waals surface area contributed by atoms with Gasteiger partial charge in [-0.1, -0.05) is 27.7 Å². The van der Waals surface area contributed by atoms with E-state index in [1.807, 2.05) is 0 Å². The van der Waals surface area contributed by atoms with Crippen molar-refractivity contribution in [3.63, 3.8) is 0 Å². The first-order valence-corrected chi connectivity index (χ1v) is 9.12. The smallest absolute Gasteiger partial charge is 0.0900 e. The number of β-amino-alcohol motifs (C(OH)–C–C–N with tert-alkyl or cyclic N) is 1. The summed E-state index contributed by atoms with van der Waals surface area (Å²) in [6.45, 7) is 16.0. The maximum atomic E-state index is 10.3. The Labute approximate surface area is 136 Å². The largest absolute Gasteiger partial charge is 0.389 e. The minimum Gasteiger partial charge on any atom is -0.389 e. The Bertz CT molecular complexity index is 327. The average molecular weight is 312 g/mol. The highest BCUT2D eigenvalue weighted by Crippen LogP contribution is 2.39. The van der Waals surface area contributed by atoms with Crippen LogP contribution in [-0.2, 0) is 4.74 Å². The molecule has 1 aliphatic carbocycles. The van der Waals surface area contributed by atoms with Gasteiger partial charge in [0.15, 0.2) is 0 Å². The molecule has 2 rings (SSSR count). The summed E-state index contributed by atoms with van der Waals surface area (Å²) in [7, 11) is 0. The molecule has 3 atom stereocenters. The van der Waals surface area contributed by atoms with Gasteiger partial charge in [0.2, 0.25) is 0 Å². The molecule has 0 bridgehead atoms. The van der Waals surface area contributed by atoms with Crippen molar-refractivity contribution in [3.8, 4) is 0 Å². The summed E-state index contributed by atoms with van der Waals surface area (Å²) in [5.74, 6) is 0.730. The number of hydrogen-bond donors (Lipinski definition) is 1. The third-order valence-corrected chi connectivity index (χ3v) is 5.25. The van der Waals surface area contributed by atoms with Crippen LogP contribution in [0.15, 0.2) is 0 Å². The zero-order chi connectivity index (χ0) is 16.2. The van der Waals surface area contributed by atoms with Crippen LogP contribution >= 0.6 is 0 Å². The second-order valence-corrected chi connectivity index (χ2v) is 8.26. The fraction of sp³-hybridized carbons (Fsp3) is 1.00. The zero-order valence-electron chi connectivity index (χ0n) is 15.1. The van der Waals surface area contributed by atoms with E-state index in [-0.39, 0.29) is 6.10 Å². The summed E-state index contributed by atoms with van der Waals surface area (Å²) in [5, 5.41) is 10.3. The first-order chi connectivity index (χ1) is 10.4. The molecule has 2 fully saturated rings. The van der Waals surface area contributed by atoms with Gasteiger partial charge in [0.05, 0.1) is 18.8 Å². The molecule has 1 aliphatic heterocycles. The van der Waals surface area contributed by atoms with E-state index in [9.17, 15) is 5.11 Å². The number of ether oxygens (including phenoxy) is 1. The number of aliphatic hydroxyl groups is 1. The third kappa shape index (κ3) is 5.80. The van der Waals surface area contributed by atoms with E-state index in [1.165, 1.54) is 6.42 Å². The Morgan fingerprint density at radius 1 is 1.14 bits per heavy atom. The molecule has 0 radical (unpaired) electrons. The van der Waals surface area contributed by atoms with Gasteiger partial charge in [-0.15, -0.1) is 0 Å². The molecule has 4 nitrogen and oxygen atoms in total. The fourth-order valence-corrected chi connectivity index (χ4v) is 4.27. The van der Waals surface area contributed by atoms with Crippen molar-refractivity contribution >= 4 is 0 Å². The lowest BCUT2D eigenvalue weighted by molar-refractivity contribution is -0.0632. The lowest BCUT2D eigenvalue weighted by Gasteiger charge is -2.39. The lowest BCUT2D eigenvalue weighted by Crippen LogP contribution is -2.49. The molecule has 130 valence electrons. The van der Waals surface area contributed by atoms with E-state index in [4.69, 9.17) is 4.74 Å². The molecule has 1 heterocycles. The highest BCUT2D eigenvalue weighted by Gasteiger charge is 2.32. The van der Waals surface area contributed by atoms with Crippen LogP contribution in [0.5, 0.6) is 0 Å². The van der Waals surface area contributed by atoms with Crippen molar-refractivity contribution in [1.82, 2.24) is 9.80 Å². The summed E-state index contributed by atoms with van der Waals surface area (Å²) in [4.78, 5) is 4.83. The van der Waals surface area contributed by atoms with E-state index in [0.717, 1.165) is 58.0 Å². The van der Waals surface area contributed by atoms with Crippen LogP contribution in [-0.4, -0.2) is 73.0 Å². The van der Waals surface area contributed by atoms with E-state index in [0.29, 0.717) is 18.1 Å². The van der Waals surface area contributed by atoms with Gasteiger partial charge in [-0.3, -0.25) is 4.90 Å². The molecule has 22 heavy (non-hydrogen) atoms. The van der Waals surface area contributed by atoms with Gasteiger partial charge < -0.3 is 14.7 Å². The summed E-state index contributed by atoms with van der Waals surface area (Å²) in [6, 6.07) is 0. The normalized spacial score (nSPS) is 32.0. The molecular weight excluding hydrogens is 276 g/mol. The molecule has 0 aromatic heterocycles. The Balaban J connectivity index is 1.66. The summed E-state index contributed by atoms with van der Waals surface area (Å²) < 4.78 is 6.05. The van der Waals surface area contributed by atoms with E-state index < -0.39 is 0 Å². The standard InChI is InChI=1S/C18H36N2O2/c1-5-19-6-8-20(9-7-19)13-16(21)14-22-17-10-15(2)11-18(3,4)12-17/h15-17,21H,5-14H2,1-4H3/t15-,16-,17-/m0/s1. The SMILES string of the molecule is CCN1CCN(C[C@H](O)CO[C@H]2C[C@H](C)CC(C)(C)C2)CC1. The highest BCUT2D eigenvalue weighted by atomic mass is 16.5. The van der Waals surface area contributed by atoms with E-state index in [1.54, 1.807) is 0 Å². The highest BCUT2D eigenvalue weighted by molar-refractivity contribution is 4.83. The average Bonchev–Trinajstić information content (AvgIpc) is 2.44. The Morgan fingerprint density at radius 2 is 1.77 bits per heavy atom. The monoisotopic (exact) mass is 312 g/mol. The summed E-state index contributed by atoms with van der Waals surface area (Å²) in [6.07, 6.45) is 3.53. The molecule has 4 heteroatoms. The van der Waals surface area contributed by atoms with Crippen molar-refractivity contribution in [2.45, 2.75) is 59.2 Å². The predicted octanol–water partition coefficient (Wildman–Crippen LogP) is 2.22. The third-order valence-electron chi connectivity index (χ3n) is 5.25. The minimum absolute atomic E-state index is 0.324. The van der Waals surface area contributed by atoms with Crippen molar-refractivity contribution in [2.75, 3.05) is 45.9 Å². The van der Waals surface area contributed by atoms with Crippen LogP contribution in [0.4, 0.5) is 0 Å². The van der Waals surface area contributed by atoms with Crippen LogP contribution in [0.25, 0.3) is 0 Å². The lowest BCUT2D eigenvalue weighted by atomic mass is 9.71. The molecule has 0 aromatic carbocycles. The van der Waals surface area contributed by atoms with Crippen molar-refractivity contribution < 1.29 is 9.84 Å². The zero-order valence-corrected chi connectivity index (χ0v) is 15.1. The Kier molecular flexibility index (Phi) is 6.69. The molecule has 2 aliphatic rings. The van der Waals surface area contributed by atoms with E-state index in [2.05, 4.69) is 37.5 Å². The predicted molar refractivity (Wildman–Crippen MR) is 91.1 cm³/mol. The van der Waals surface area contributed by atoms with Crippen molar-refractivity contribution in [3.05, 3.63) is 0 Å². The van der Waals surface area contributed by atoms with Crippen LogP contribution in [0.2, 0.25) is 0 Å². The van der Waals surface area contributed by atoms with Gasteiger partial charge in [0.25, 0.3) is 0 Å². The first kappa shape index (κ1) is 18.2. The van der Waals surface area contributed by atoms with Crippen molar-refractivity contribution in [1.29, 1.82) is 0 Å². The molecule has 1 N–H and O–H groups in total. The van der Waals surface area contributed by atoms with Gasteiger partial charge in [-0.05, 0) is 37.1 Å². The molecule has 1 saturated carbocycles. The first-order valence-electron chi connectivity index (χ1n) is 9.12. The molecule has 0 amide bonds. The molecule has 1 saturated heterocycles. The number of rotatable bonds is 6. The van der Waals surface area contributed by atoms with Crippen LogP contribution in [0, 0.1) is 11.3 Å². The topological polar surface area (TPSA) is 35.9 Å². The molecule has 0 aromatic rings. The number of hydrogen-bond acceptors (Lipinski definition) is 4. The fourth-order valence-electron chi connectivity index (χ4n) is 4.27. The number of nitrogens with zero attached hydrogens (tertiary/aromatic N) is 2. The molecule has 0 spiro atoms. The van der Waals surface area contributed by atoms with Crippen molar-refractivity contribution in [2.24, 2.45) is 11.3 Å². The minimum atomic E-state index is -0.353. The van der Waals surface area contributed by atoms with E-state index >= 15 is 0 Å². The maximum absolute atomic E-state index is 10.3. The van der Waals surface area contributed by atoms with Gasteiger partial charge in [-0.25, -0.2) is 0 Å². The van der Waals surface area contributed by atoms with Gasteiger partial charge >= 0.3 is 0 Å². The van der Waals surface area contributed by atoms with Crippen LogP contribution in [0.1, 0.15) is 47.0 Å². The maximum Gasteiger partial charge on any atom is 0.0900 e. The van der Waals surface area contributed by atoms with Crippen LogP contribution < -0.4 is 0 Å². The summed E-state index contributed by atoms with van der Waals surface area (Å²) >= 11 is 0. The van der Waals surface area contributed by atoms with Gasteiger partial charge in [0, 0.05) is 32.7 Å². The second kappa shape index (κ2) is 8.09. The number of aliphatic hydroxyl groups excluding tert-OH is 1. The quantitative estimate of drug-likeness (QED) is 0.816. The Hall–Kier alpha value is -0.160. The number of piperazine rings is 1. The number of likely N-dealkylation sites (N-methyl/N-ethyl adjacent to an activating group) is 1. The van der Waals surface area contributed by atoms with Gasteiger partial charge in [-0.2, -0.15) is 0 Å². The molecule has 0 unspecified atom stereocenters.